The predicted molar refractivity (Wildman–Crippen MR) is 84.8 cm³/mol. The molecule has 2 aromatic rings. The highest BCUT2D eigenvalue weighted by Crippen LogP contribution is 2.12. The lowest BCUT2D eigenvalue weighted by Gasteiger charge is -2.25. The summed E-state index contributed by atoms with van der Waals surface area (Å²) in [4.78, 5) is 16.3. The van der Waals surface area contributed by atoms with E-state index in [1.54, 1.807) is 18.0 Å². The maximum atomic E-state index is 12.4. The molecule has 0 N–H and O–H groups in total. The van der Waals surface area contributed by atoms with Crippen molar-refractivity contribution in [3.63, 3.8) is 0 Å². The highest BCUT2D eigenvalue weighted by Gasteiger charge is 2.19. The molecule has 23 heavy (non-hydrogen) atoms. The Morgan fingerprint density at radius 3 is 2.74 bits per heavy atom. The van der Waals surface area contributed by atoms with E-state index in [0.29, 0.717) is 24.5 Å². The summed E-state index contributed by atoms with van der Waals surface area (Å²) in [7, 11) is 1.77. The Morgan fingerprint density at radius 1 is 1.26 bits per heavy atom. The molecule has 2 heterocycles. The van der Waals surface area contributed by atoms with Crippen molar-refractivity contribution < 1.29 is 14.1 Å². The van der Waals surface area contributed by atoms with Crippen LogP contribution in [-0.2, 0) is 17.8 Å². The van der Waals surface area contributed by atoms with Gasteiger partial charge in [0.25, 0.3) is 5.91 Å². The second-order valence-corrected chi connectivity index (χ2v) is 5.71. The molecule has 1 aromatic carbocycles. The third-order valence-corrected chi connectivity index (χ3v) is 3.87. The number of carbonyl (C=O) groups excluding carboxylic acids is 1. The molecule has 1 amide bonds. The zero-order valence-electron chi connectivity index (χ0n) is 13.3. The summed E-state index contributed by atoms with van der Waals surface area (Å²) in [6, 6.07) is 11.6. The van der Waals surface area contributed by atoms with Crippen molar-refractivity contribution >= 4 is 5.91 Å². The van der Waals surface area contributed by atoms with Gasteiger partial charge in [0.15, 0.2) is 11.5 Å². The molecule has 0 spiro atoms. The fourth-order valence-electron chi connectivity index (χ4n) is 2.59. The van der Waals surface area contributed by atoms with Crippen molar-refractivity contribution in [3.05, 3.63) is 53.4 Å². The van der Waals surface area contributed by atoms with Gasteiger partial charge in [-0.1, -0.05) is 35.5 Å². The number of rotatable bonds is 5. The van der Waals surface area contributed by atoms with Crippen LogP contribution in [0.15, 0.2) is 40.9 Å². The van der Waals surface area contributed by atoms with Crippen LogP contribution < -0.4 is 0 Å². The van der Waals surface area contributed by atoms with E-state index in [0.717, 1.165) is 31.9 Å². The van der Waals surface area contributed by atoms with Gasteiger partial charge in [-0.3, -0.25) is 9.69 Å². The fourth-order valence-corrected chi connectivity index (χ4v) is 2.59. The lowest BCUT2D eigenvalue weighted by atomic mass is 10.2. The van der Waals surface area contributed by atoms with Crippen molar-refractivity contribution in [1.29, 1.82) is 0 Å². The molecule has 1 aliphatic heterocycles. The third-order valence-electron chi connectivity index (χ3n) is 3.87. The van der Waals surface area contributed by atoms with Crippen LogP contribution in [0.25, 0.3) is 0 Å². The Morgan fingerprint density at radius 2 is 2.00 bits per heavy atom. The molecule has 1 saturated heterocycles. The number of hydrogen-bond acceptors (Lipinski definition) is 5. The zero-order chi connectivity index (χ0) is 16.1. The summed E-state index contributed by atoms with van der Waals surface area (Å²) >= 11 is 0. The molecule has 0 radical (unpaired) electrons. The molecule has 122 valence electrons. The minimum atomic E-state index is -0.133. The van der Waals surface area contributed by atoms with Gasteiger partial charge in [-0.2, -0.15) is 0 Å². The van der Waals surface area contributed by atoms with Crippen molar-refractivity contribution in [2.24, 2.45) is 0 Å². The first kappa shape index (κ1) is 15.7. The highest BCUT2D eigenvalue weighted by molar-refractivity contribution is 5.92. The molecular formula is C17H21N3O3. The van der Waals surface area contributed by atoms with Crippen LogP contribution in [0.5, 0.6) is 0 Å². The Bertz CT molecular complexity index is 636. The molecule has 3 rings (SSSR count). The van der Waals surface area contributed by atoms with Gasteiger partial charge >= 0.3 is 0 Å². The smallest absolute Gasteiger partial charge is 0.276 e. The number of nitrogens with zero attached hydrogens (tertiary/aromatic N) is 3. The standard InChI is InChI=1S/C17H21N3O3/c1-19(12-14-5-3-2-4-6-14)17(21)16-11-15(23-18-16)13-20-7-9-22-10-8-20/h2-6,11H,7-10,12-13H2,1H3. The molecule has 0 aliphatic carbocycles. The van der Waals surface area contributed by atoms with Gasteiger partial charge in [-0.15, -0.1) is 0 Å². The van der Waals surface area contributed by atoms with Gasteiger partial charge in [0.2, 0.25) is 0 Å². The Labute approximate surface area is 135 Å². The first-order chi connectivity index (χ1) is 11.2. The summed E-state index contributed by atoms with van der Waals surface area (Å²) < 4.78 is 10.6. The zero-order valence-corrected chi connectivity index (χ0v) is 13.3. The van der Waals surface area contributed by atoms with E-state index in [1.807, 2.05) is 30.3 Å². The maximum Gasteiger partial charge on any atom is 0.276 e. The predicted octanol–water partition coefficient (Wildman–Crippen LogP) is 1.78. The molecule has 1 aliphatic rings. The monoisotopic (exact) mass is 315 g/mol. The molecule has 1 fully saturated rings. The Hall–Kier alpha value is -2.18. The SMILES string of the molecule is CN(Cc1ccccc1)C(=O)c1cc(CN2CCOCC2)on1. The molecule has 0 unspecified atom stereocenters. The van der Waals surface area contributed by atoms with Crippen LogP contribution >= 0.6 is 0 Å². The molecule has 0 atom stereocenters. The van der Waals surface area contributed by atoms with Crippen LogP contribution in [0, 0.1) is 0 Å². The third kappa shape index (κ3) is 4.18. The number of amides is 1. The van der Waals surface area contributed by atoms with Gasteiger partial charge in [0.1, 0.15) is 0 Å². The minimum Gasteiger partial charge on any atom is -0.379 e. The number of carbonyl (C=O) groups is 1. The molecular weight excluding hydrogens is 294 g/mol. The summed E-state index contributed by atoms with van der Waals surface area (Å²) in [5.41, 5.74) is 1.44. The van der Waals surface area contributed by atoms with Gasteiger partial charge in [0.05, 0.1) is 19.8 Å². The van der Waals surface area contributed by atoms with Gasteiger partial charge in [0, 0.05) is 32.7 Å². The van der Waals surface area contributed by atoms with E-state index in [9.17, 15) is 4.79 Å². The Balaban J connectivity index is 1.59. The number of hydrogen-bond donors (Lipinski definition) is 0. The van der Waals surface area contributed by atoms with Crippen LogP contribution in [0.4, 0.5) is 0 Å². The average molecular weight is 315 g/mol. The van der Waals surface area contributed by atoms with Gasteiger partial charge in [-0.05, 0) is 5.56 Å². The topological polar surface area (TPSA) is 58.8 Å². The average Bonchev–Trinajstić information content (AvgIpc) is 3.04. The normalized spacial score (nSPS) is 15.5. The van der Waals surface area contributed by atoms with Crippen molar-refractivity contribution in [1.82, 2.24) is 15.0 Å². The van der Waals surface area contributed by atoms with E-state index >= 15 is 0 Å². The van der Waals surface area contributed by atoms with E-state index in [2.05, 4.69) is 10.1 Å². The van der Waals surface area contributed by atoms with Gasteiger partial charge < -0.3 is 14.2 Å². The number of aromatic nitrogens is 1. The quantitative estimate of drug-likeness (QED) is 0.842. The summed E-state index contributed by atoms with van der Waals surface area (Å²) in [6.07, 6.45) is 0. The first-order valence-corrected chi connectivity index (χ1v) is 7.77. The van der Waals surface area contributed by atoms with Crippen LogP contribution in [0.2, 0.25) is 0 Å². The van der Waals surface area contributed by atoms with Gasteiger partial charge in [-0.25, -0.2) is 0 Å². The fraction of sp³-hybridized carbons (Fsp3) is 0.412. The molecule has 6 heteroatoms. The minimum absolute atomic E-state index is 0.133. The second kappa shape index (κ2) is 7.39. The van der Waals surface area contributed by atoms with Crippen LogP contribution in [0.3, 0.4) is 0 Å². The van der Waals surface area contributed by atoms with E-state index < -0.39 is 0 Å². The van der Waals surface area contributed by atoms with Crippen molar-refractivity contribution in [3.8, 4) is 0 Å². The molecule has 6 nitrogen and oxygen atoms in total. The number of benzene rings is 1. The lowest BCUT2D eigenvalue weighted by Crippen LogP contribution is -2.35. The second-order valence-electron chi connectivity index (χ2n) is 5.71. The number of morpholine rings is 1. The first-order valence-electron chi connectivity index (χ1n) is 7.77. The van der Waals surface area contributed by atoms with E-state index in [-0.39, 0.29) is 5.91 Å². The highest BCUT2D eigenvalue weighted by atomic mass is 16.5. The summed E-state index contributed by atoms with van der Waals surface area (Å²) in [6.45, 7) is 4.42. The van der Waals surface area contributed by atoms with Crippen molar-refractivity contribution in [2.45, 2.75) is 13.1 Å². The number of ether oxygens (including phenoxy) is 1. The Kier molecular flexibility index (Phi) is 5.05. The van der Waals surface area contributed by atoms with E-state index in [4.69, 9.17) is 9.26 Å². The van der Waals surface area contributed by atoms with E-state index in [1.165, 1.54) is 0 Å². The molecule has 0 bridgehead atoms. The maximum absolute atomic E-state index is 12.4. The van der Waals surface area contributed by atoms with Crippen LogP contribution in [-0.4, -0.2) is 54.2 Å². The van der Waals surface area contributed by atoms with Crippen molar-refractivity contribution in [2.75, 3.05) is 33.4 Å². The lowest BCUT2D eigenvalue weighted by molar-refractivity contribution is 0.0305. The summed E-state index contributed by atoms with van der Waals surface area (Å²) in [5, 5.41) is 3.92. The largest absolute Gasteiger partial charge is 0.379 e. The molecule has 0 saturated carbocycles. The summed E-state index contributed by atoms with van der Waals surface area (Å²) in [5.74, 6) is 0.578. The molecule has 1 aromatic heterocycles. The van der Waals surface area contributed by atoms with Crippen LogP contribution in [0.1, 0.15) is 21.8 Å².